The van der Waals surface area contributed by atoms with Crippen molar-refractivity contribution in [1.29, 1.82) is 0 Å². The number of nitrogens with one attached hydrogen (secondary N) is 1. The molecule has 1 amide bonds. The lowest BCUT2D eigenvalue weighted by Crippen LogP contribution is -2.50. The Morgan fingerprint density at radius 3 is 2.52 bits per heavy atom. The van der Waals surface area contributed by atoms with Crippen molar-refractivity contribution < 1.29 is 9.18 Å². The highest BCUT2D eigenvalue weighted by molar-refractivity contribution is 5.89. The minimum absolute atomic E-state index is 0.00928. The molecule has 2 fully saturated rings. The lowest BCUT2D eigenvalue weighted by molar-refractivity contribution is -0.130. The summed E-state index contributed by atoms with van der Waals surface area (Å²) in [6, 6.07) is 6.73. The van der Waals surface area contributed by atoms with Crippen molar-refractivity contribution in [3.8, 4) is 0 Å². The molecule has 0 spiro atoms. The number of carbonyl (C=O) groups is 1. The van der Waals surface area contributed by atoms with Crippen LogP contribution in [-0.2, 0) is 10.2 Å². The Hall–Kier alpha value is -1.42. The van der Waals surface area contributed by atoms with Crippen LogP contribution in [-0.4, -0.2) is 37.0 Å². The van der Waals surface area contributed by atoms with Crippen molar-refractivity contribution in [2.45, 2.75) is 50.4 Å². The molecule has 4 heteroatoms. The number of carbonyl (C=O) groups excluding carboxylic acids is 1. The Kier molecular flexibility index (Phi) is 5.31. The molecule has 1 saturated carbocycles. The fraction of sp³-hybridized carbons (Fsp3) is 0.632. The first-order valence-electron chi connectivity index (χ1n) is 8.98. The number of likely N-dealkylation sites (tertiary alicyclic amines) is 1. The first-order valence-corrected chi connectivity index (χ1v) is 8.98. The van der Waals surface area contributed by atoms with E-state index in [9.17, 15) is 9.18 Å². The zero-order valence-corrected chi connectivity index (χ0v) is 13.8. The van der Waals surface area contributed by atoms with Crippen LogP contribution in [0.3, 0.4) is 0 Å². The largest absolute Gasteiger partial charge is 0.355 e. The average Bonchev–Trinajstić information content (AvgIpc) is 3.01. The molecule has 1 aromatic rings. The summed E-state index contributed by atoms with van der Waals surface area (Å²) in [4.78, 5) is 15.1. The standard InChI is InChI=1S/C19H27FN2O/c20-17-9-2-1-8-16(17)19(10-7-11-19)18(23)21-12-3-4-13-22-14-5-6-15-22/h1-2,8-9H,3-7,10-15H2,(H,21,23). The van der Waals surface area contributed by atoms with Gasteiger partial charge in [-0.1, -0.05) is 24.6 Å². The van der Waals surface area contributed by atoms with E-state index in [2.05, 4.69) is 10.2 Å². The van der Waals surface area contributed by atoms with Gasteiger partial charge in [-0.05, 0) is 64.2 Å². The van der Waals surface area contributed by atoms with Gasteiger partial charge in [0.05, 0.1) is 5.41 Å². The van der Waals surface area contributed by atoms with E-state index in [1.807, 2.05) is 6.07 Å². The molecule has 3 nitrogen and oxygen atoms in total. The van der Waals surface area contributed by atoms with Gasteiger partial charge in [0.25, 0.3) is 0 Å². The zero-order valence-electron chi connectivity index (χ0n) is 13.8. The van der Waals surface area contributed by atoms with Gasteiger partial charge >= 0.3 is 0 Å². The van der Waals surface area contributed by atoms with Crippen molar-refractivity contribution in [2.75, 3.05) is 26.2 Å². The first-order chi connectivity index (χ1) is 11.2. The summed E-state index contributed by atoms with van der Waals surface area (Å²) in [6.45, 7) is 4.28. The lowest BCUT2D eigenvalue weighted by Gasteiger charge is -2.40. The number of hydrogen-bond donors (Lipinski definition) is 1. The fourth-order valence-corrected chi connectivity index (χ4v) is 3.84. The normalized spacial score (nSPS) is 20.2. The summed E-state index contributed by atoms with van der Waals surface area (Å²) in [7, 11) is 0. The maximum Gasteiger partial charge on any atom is 0.230 e. The number of amides is 1. The molecule has 1 saturated heterocycles. The van der Waals surface area contributed by atoms with E-state index in [1.165, 1.54) is 32.0 Å². The SMILES string of the molecule is O=C(NCCCCN1CCCC1)C1(c2ccccc2F)CCC1. The van der Waals surface area contributed by atoms with Gasteiger partial charge in [-0.15, -0.1) is 0 Å². The molecule has 0 atom stereocenters. The van der Waals surface area contributed by atoms with Crippen molar-refractivity contribution in [2.24, 2.45) is 0 Å². The third-order valence-electron chi connectivity index (χ3n) is 5.42. The minimum atomic E-state index is -0.625. The summed E-state index contributed by atoms with van der Waals surface area (Å²) in [6.07, 6.45) is 7.27. The number of halogens is 1. The van der Waals surface area contributed by atoms with Gasteiger partial charge in [0.2, 0.25) is 5.91 Å². The zero-order chi connectivity index (χ0) is 16.1. The predicted octanol–water partition coefficient (Wildman–Crippen LogP) is 3.24. The smallest absolute Gasteiger partial charge is 0.230 e. The van der Waals surface area contributed by atoms with Crippen LogP contribution in [0.4, 0.5) is 4.39 Å². The van der Waals surface area contributed by atoms with E-state index in [0.29, 0.717) is 12.1 Å². The second-order valence-corrected chi connectivity index (χ2v) is 6.93. The second kappa shape index (κ2) is 7.43. The Bertz CT molecular complexity index is 536. The molecule has 1 aromatic carbocycles. The molecule has 0 aromatic heterocycles. The van der Waals surface area contributed by atoms with E-state index in [1.54, 1.807) is 12.1 Å². The molecular weight excluding hydrogens is 291 g/mol. The molecule has 3 rings (SSSR count). The molecule has 0 unspecified atom stereocenters. The number of benzene rings is 1. The van der Waals surface area contributed by atoms with E-state index < -0.39 is 5.41 Å². The maximum atomic E-state index is 14.1. The van der Waals surface area contributed by atoms with Crippen molar-refractivity contribution in [3.63, 3.8) is 0 Å². The minimum Gasteiger partial charge on any atom is -0.355 e. The summed E-state index contributed by atoms with van der Waals surface area (Å²) in [5, 5.41) is 3.05. The van der Waals surface area contributed by atoms with Crippen LogP contribution in [0.2, 0.25) is 0 Å². The first kappa shape index (κ1) is 16.4. The highest BCUT2D eigenvalue weighted by atomic mass is 19.1. The molecule has 0 bridgehead atoms. The number of nitrogens with zero attached hydrogens (tertiary/aromatic N) is 1. The maximum absolute atomic E-state index is 14.1. The molecule has 2 aliphatic rings. The van der Waals surface area contributed by atoms with Crippen LogP contribution < -0.4 is 5.32 Å². The Labute approximate surface area is 138 Å². The summed E-state index contributed by atoms with van der Waals surface area (Å²) in [5.74, 6) is -0.244. The van der Waals surface area contributed by atoms with Gasteiger partial charge < -0.3 is 10.2 Å². The van der Waals surface area contributed by atoms with Gasteiger partial charge in [-0.2, -0.15) is 0 Å². The molecule has 1 aliphatic carbocycles. The van der Waals surface area contributed by atoms with Crippen LogP contribution in [0.15, 0.2) is 24.3 Å². The molecule has 1 N–H and O–H groups in total. The van der Waals surface area contributed by atoms with E-state index in [0.717, 1.165) is 38.6 Å². The topological polar surface area (TPSA) is 32.3 Å². The van der Waals surface area contributed by atoms with Crippen molar-refractivity contribution >= 4 is 5.91 Å². The van der Waals surface area contributed by atoms with Gasteiger partial charge in [0, 0.05) is 12.1 Å². The Balaban J connectivity index is 1.47. The van der Waals surface area contributed by atoms with Gasteiger partial charge in [-0.3, -0.25) is 4.79 Å². The lowest BCUT2D eigenvalue weighted by atomic mass is 9.63. The van der Waals surface area contributed by atoms with Gasteiger partial charge in [0.1, 0.15) is 5.82 Å². The van der Waals surface area contributed by atoms with Crippen LogP contribution in [0, 0.1) is 5.82 Å². The molecular formula is C19H27FN2O. The number of rotatable bonds is 7. The molecule has 1 aliphatic heterocycles. The molecule has 0 radical (unpaired) electrons. The quantitative estimate of drug-likeness (QED) is 0.783. The van der Waals surface area contributed by atoms with Crippen molar-refractivity contribution in [1.82, 2.24) is 10.2 Å². The van der Waals surface area contributed by atoms with Crippen molar-refractivity contribution in [3.05, 3.63) is 35.6 Å². The molecule has 126 valence electrons. The van der Waals surface area contributed by atoms with E-state index in [4.69, 9.17) is 0 Å². The monoisotopic (exact) mass is 318 g/mol. The third kappa shape index (κ3) is 3.57. The fourth-order valence-electron chi connectivity index (χ4n) is 3.84. The van der Waals surface area contributed by atoms with Crippen LogP contribution in [0.5, 0.6) is 0 Å². The van der Waals surface area contributed by atoms with Gasteiger partial charge in [-0.25, -0.2) is 4.39 Å². The second-order valence-electron chi connectivity index (χ2n) is 6.93. The third-order valence-corrected chi connectivity index (χ3v) is 5.42. The summed E-state index contributed by atoms with van der Waals surface area (Å²) >= 11 is 0. The Morgan fingerprint density at radius 2 is 1.87 bits per heavy atom. The van der Waals surface area contributed by atoms with Crippen LogP contribution in [0.1, 0.15) is 50.5 Å². The molecule has 23 heavy (non-hydrogen) atoms. The highest BCUT2D eigenvalue weighted by Gasteiger charge is 2.46. The average molecular weight is 318 g/mol. The van der Waals surface area contributed by atoms with E-state index >= 15 is 0 Å². The van der Waals surface area contributed by atoms with Gasteiger partial charge in [0.15, 0.2) is 0 Å². The van der Waals surface area contributed by atoms with Crippen LogP contribution in [0.25, 0.3) is 0 Å². The van der Waals surface area contributed by atoms with Crippen LogP contribution >= 0.6 is 0 Å². The number of unbranched alkanes of at least 4 members (excludes halogenated alkanes) is 1. The predicted molar refractivity (Wildman–Crippen MR) is 89.8 cm³/mol. The summed E-state index contributed by atoms with van der Waals surface area (Å²) in [5.41, 5.74) is -0.0545. The Morgan fingerprint density at radius 1 is 1.13 bits per heavy atom. The van der Waals surface area contributed by atoms with E-state index in [-0.39, 0.29) is 11.7 Å². The highest BCUT2D eigenvalue weighted by Crippen LogP contribution is 2.44. The molecule has 1 heterocycles. The summed E-state index contributed by atoms with van der Waals surface area (Å²) < 4.78 is 14.1. The number of hydrogen-bond acceptors (Lipinski definition) is 2.